The largest absolute Gasteiger partial charge is 0.354 e. The van der Waals surface area contributed by atoms with Gasteiger partial charge in [0.2, 0.25) is 5.13 Å². The maximum absolute atomic E-state index is 12.3. The van der Waals surface area contributed by atoms with Crippen LogP contribution in [0.4, 0.5) is 5.13 Å². The second kappa shape index (κ2) is 5.77. The van der Waals surface area contributed by atoms with Crippen LogP contribution in [0.1, 0.15) is 63.8 Å². The second-order valence-electron chi connectivity index (χ2n) is 5.24. The third-order valence-corrected chi connectivity index (χ3v) is 4.31. The first-order valence-corrected chi connectivity index (χ1v) is 7.47. The Bertz CT molecular complexity index is 700. The van der Waals surface area contributed by atoms with Gasteiger partial charge in [0.05, 0.1) is 0 Å². The fraction of sp³-hybridized carbons (Fsp3) is 0.429. The van der Waals surface area contributed by atoms with Crippen molar-refractivity contribution in [2.75, 3.05) is 5.32 Å². The monoisotopic (exact) mass is 306 g/mol. The molecule has 2 heterocycles. The van der Waals surface area contributed by atoms with Gasteiger partial charge in [-0.15, -0.1) is 10.2 Å². The van der Waals surface area contributed by atoms with E-state index in [1.54, 1.807) is 13.8 Å². The maximum Gasteiger partial charge on any atom is 0.274 e. The van der Waals surface area contributed by atoms with Gasteiger partial charge in [0.25, 0.3) is 5.91 Å². The smallest absolute Gasteiger partial charge is 0.274 e. The summed E-state index contributed by atoms with van der Waals surface area (Å²) in [6.07, 6.45) is 0. The van der Waals surface area contributed by atoms with Crippen molar-refractivity contribution in [2.45, 2.75) is 40.5 Å². The molecule has 0 aromatic carbocycles. The van der Waals surface area contributed by atoms with Gasteiger partial charge in [-0.3, -0.25) is 14.9 Å². The molecule has 6 nitrogen and oxygen atoms in total. The zero-order chi connectivity index (χ0) is 15.7. The van der Waals surface area contributed by atoms with E-state index in [1.807, 2.05) is 13.8 Å². The van der Waals surface area contributed by atoms with Gasteiger partial charge in [-0.05, 0) is 26.3 Å². The lowest BCUT2D eigenvalue weighted by Gasteiger charge is -2.00. The van der Waals surface area contributed by atoms with Crippen LogP contribution in [-0.2, 0) is 0 Å². The van der Waals surface area contributed by atoms with Gasteiger partial charge in [-0.25, -0.2) is 0 Å². The fourth-order valence-corrected chi connectivity index (χ4v) is 2.92. The van der Waals surface area contributed by atoms with Crippen molar-refractivity contribution < 1.29 is 9.59 Å². The lowest BCUT2D eigenvalue weighted by atomic mass is 10.1. The number of hydrogen-bond donors (Lipinski definition) is 2. The van der Waals surface area contributed by atoms with Crippen LogP contribution in [0.5, 0.6) is 0 Å². The Balaban J connectivity index is 2.24. The van der Waals surface area contributed by atoms with Gasteiger partial charge >= 0.3 is 0 Å². The third kappa shape index (κ3) is 3.02. The molecule has 2 aromatic heterocycles. The fourth-order valence-electron chi connectivity index (χ4n) is 2.18. The third-order valence-electron chi connectivity index (χ3n) is 3.17. The topological polar surface area (TPSA) is 87.7 Å². The summed E-state index contributed by atoms with van der Waals surface area (Å²) in [7, 11) is 0. The lowest BCUT2D eigenvalue weighted by molar-refractivity contribution is 0.101. The van der Waals surface area contributed by atoms with Gasteiger partial charge in [0.1, 0.15) is 10.7 Å². The van der Waals surface area contributed by atoms with Crippen LogP contribution in [-0.4, -0.2) is 26.9 Å². The van der Waals surface area contributed by atoms with Crippen molar-refractivity contribution in [3.8, 4) is 0 Å². The SMILES string of the molecule is CC(=O)c1c(C)[nH]c(C(=O)Nc2nnc(C(C)C)s2)c1C. The Morgan fingerprint density at radius 3 is 2.38 bits per heavy atom. The summed E-state index contributed by atoms with van der Waals surface area (Å²) in [5.41, 5.74) is 2.32. The quantitative estimate of drug-likeness (QED) is 0.850. The molecule has 0 aliphatic rings. The molecule has 0 radical (unpaired) electrons. The zero-order valence-corrected chi connectivity index (χ0v) is 13.5. The predicted molar refractivity (Wildman–Crippen MR) is 82.2 cm³/mol. The Kier molecular flexibility index (Phi) is 4.22. The van der Waals surface area contributed by atoms with Crippen LogP contribution in [0.15, 0.2) is 0 Å². The number of carbonyl (C=O) groups is 2. The van der Waals surface area contributed by atoms with Crippen LogP contribution in [0.25, 0.3) is 0 Å². The number of Topliss-reactive ketones (excluding diaryl/α,β-unsaturated/α-hetero) is 1. The number of amides is 1. The number of nitrogens with one attached hydrogen (secondary N) is 2. The minimum atomic E-state index is -0.311. The van der Waals surface area contributed by atoms with E-state index >= 15 is 0 Å². The predicted octanol–water partition coefficient (Wildman–Crippen LogP) is 3.06. The summed E-state index contributed by atoms with van der Waals surface area (Å²) < 4.78 is 0. The molecule has 2 aromatic rings. The average molecular weight is 306 g/mol. The maximum atomic E-state index is 12.3. The van der Waals surface area contributed by atoms with Crippen molar-refractivity contribution in [2.24, 2.45) is 0 Å². The summed E-state index contributed by atoms with van der Waals surface area (Å²) in [6.45, 7) is 9.06. The van der Waals surface area contributed by atoms with Crippen LogP contribution < -0.4 is 5.32 Å². The average Bonchev–Trinajstić information content (AvgIpc) is 2.94. The first-order chi connectivity index (χ1) is 9.81. The molecule has 0 saturated carbocycles. The summed E-state index contributed by atoms with van der Waals surface area (Å²) in [5, 5.41) is 12.0. The highest BCUT2D eigenvalue weighted by atomic mass is 32.1. The van der Waals surface area contributed by atoms with E-state index in [2.05, 4.69) is 20.5 Å². The van der Waals surface area contributed by atoms with Crippen molar-refractivity contribution in [1.29, 1.82) is 0 Å². The van der Waals surface area contributed by atoms with Gasteiger partial charge < -0.3 is 4.98 Å². The molecular weight excluding hydrogens is 288 g/mol. The molecule has 0 aliphatic carbocycles. The highest BCUT2D eigenvalue weighted by Gasteiger charge is 2.20. The Morgan fingerprint density at radius 1 is 1.24 bits per heavy atom. The second-order valence-corrected chi connectivity index (χ2v) is 6.24. The number of aromatic amines is 1. The molecule has 2 N–H and O–H groups in total. The molecule has 0 bridgehead atoms. The molecule has 0 unspecified atom stereocenters. The molecule has 112 valence electrons. The van der Waals surface area contributed by atoms with E-state index < -0.39 is 0 Å². The summed E-state index contributed by atoms with van der Waals surface area (Å²) in [4.78, 5) is 26.8. The standard InChI is InChI=1S/C14H18N4O2S/c1-6(2)13-17-18-14(21-13)16-12(20)11-7(3)10(9(5)19)8(4)15-11/h6,15H,1-5H3,(H,16,18,20). The van der Waals surface area contributed by atoms with Crippen LogP contribution in [0, 0.1) is 13.8 Å². The minimum absolute atomic E-state index is 0.0571. The van der Waals surface area contributed by atoms with E-state index in [-0.39, 0.29) is 17.6 Å². The molecule has 0 spiro atoms. The highest BCUT2D eigenvalue weighted by Crippen LogP contribution is 2.24. The molecule has 0 fully saturated rings. The molecule has 0 aliphatic heterocycles. The Labute approximate surface area is 127 Å². The van der Waals surface area contributed by atoms with Crippen molar-refractivity contribution in [3.05, 3.63) is 27.5 Å². The van der Waals surface area contributed by atoms with Crippen LogP contribution in [0.2, 0.25) is 0 Å². The molecule has 0 saturated heterocycles. The van der Waals surface area contributed by atoms with E-state index in [0.29, 0.717) is 27.6 Å². The van der Waals surface area contributed by atoms with E-state index in [4.69, 9.17) is 0 Å². The van der Waals surface area contributed by atoms with Crippen molar-refractivity contribution in [3.63, 3.8) is 0 Å². The zero-order valence-electron chi connectivity index (χ0n) is 12.7. The number of rotatable bonds is 4. The Hall–Kier alpha value is -2.02. The molecule has 1 amide bonds. The first-order valence-electron chi connectivity index (χ1n) is 6.66. The normalized spacial score (nSPS) is 11.0. The van der Waals surface area contributed by atoms with Gasteiger partial charge in [-0.2, -0.15) is 0 Å². The van der Waals surface area contributed by atoms with Crippen molar-refractivity contribution >= 4 is 28.2 Å². The summed E-state index contributed by atoms with van der Waals surface area (Å²) in [6, 6.07) is 0. The van der Waals surface area contributed by atoms with Crippen molar-refractivity contribution in [1.82, 2.24) is 15.2 Å². The lowest BCUT2D eigenvalue weighted by Crippen LogP contribution is -2.13. The molecular formula is C14H18N4O2S. The molecule has 0 atom stereocenters. The number of nitrogens with zero attached hydrogens (tertiary/aromatic N) is 2. The number of H-pyrrole nitrogens is 1. The molecule has 2 rings (SSSR count). The van der Waals surface area contributed by atoms with Crippen LogP contribution >= 0.6 is 11.3 Å². The number of ketones is 1. The Morgan fingerprint density at radius 2 is 1.90 bits per heavy atom. The number of anilines is 1. The van der Waals surface area contributed by atoms with Crippen LogP contribution in [0.3, 0.4) is 0 Å². The summed E-state index contributed by atoms with van der Waals surface area (Å²) in [5.74, 6) is -0.0974. The molecule has 21 heavy (non-hydrogen) atoms. The first kappa shape index (κ1) is 15.4. The number of hydrogen-bond acceptors (Lipinski definition) is 5. The van der Waals surface area contributed by atoms with E-state index in [0.717, 1.165) is 5.01 Å². The highest BCUT2D eigenvalue weighted by molar-refractivity contribution is 7.15. The molecule has 7 heteroatoms. The van der Waals surface area contributed by atoms with E-state index in [1.165, 1.54) is 18.3 Å². The number of aryl methyl sites for hydroxylation is 1. The minimum Gasteiger partial charge on any atom is -0.354 e. The number of aromatic nitrogens is 3. The summed E-state index contributed by atoms with van der Waals surface area (Å²) >= 11 is 1.35. The van der Waals surface area contributed by atoms with Gasteiger partial charge in [0, 0.05) is 17.2 Å². The van der Waals surface area contributed by atoms with E-state index in [9.17, 15) is 9.59 Å². The van der Waals surface area contributed by atoms with Gasteiger partial charge in [0.15, 0.2) is 5.78 Å². The number of carbonyl (C=O) groups excluding carboxylic acids is 2. The van der Waals surface area contributed by atoms with Gasteiger partial charge in [-0.1, -0.05) is 25.2 Å².